The van der Waals surface area contributed by atoms with Crippen LogP contribution in [-0.2, 0) is 4.79 Å². The van der Waals surface area contributed by atoms with Crippen LogP contribution < -0.4 is 5.73 Å². The number of piperazine rings is 1. The first-order chi connectivity index (χ1) is 9.52. The lowest BCUT2D eigenvalue weighted by Crippen LogP contribution is -2.49. The van der Waals surface area contributed by atoms with E-state index in [4.69, 9.17) is 5.73 Å². The minimum absolute atomic E-state index is 0.331. The van der Waals surface area contributed by atoms with Gasteiger partial charge in [0.1, 0.15) is 0 Å². The number of rotatable bonds is 8. The maximum Gasteiger partial charge on any atom is 0.222 e. The van der Waals surface area contributed by atoms with Gasteiger partial charge in [0.25, 0.3) is 0 Å². The zero-order valence-corrected chi connectivity index (χ0v) is 13.6. The summed E-state index contributed by atoms with van der Waals surface area (Å²) in [6, 6.07) is 0. The van der Waals surface area contributed by atoms with E-state index in [2.05, 4.69) is 25.7 Å². The Labute approximate surface area is 124 Å². The first kappa shape index (κ1) is 17.4. The number of carbonyl (C=O) groups is 1. The van der Waals surface area contributed by atoms with Gasteiger partial charge in [0, 0.05) is 32.6 Å². The van der Waals surface area contributed by atoms with Gasteiger partial charge in [-0.1, -0.05) is 20.8 Å². The lowest BCUT2D eigenvalue weighted by atomic mass is 10.0. The number of hydrogen-bond acceptors (Lipinski definition) is 3. The summed E-state index contributed by atoms with van der Waals surface area (Å²) in [6.45, 7) is 12.5. The second-order valence-corrected chi connectivity index (χ2v) is 6.63. The van der Waals surface area contributed by atoms with Gasteiger partial charge < -0.3 is 10.6 Å². The Balaban J connectivity index is 2.18. The van der Waals surface area contributed by atoms with Crippen LogP contribution >= 0.6 is 0 Å². The van der Waals surface area contributed by atoms with Crippen LogP contribution in [0.25, 0.3) is 0 Å². The summed E-state index contributed by atoms with van der Waals surface area (Å²) in [4.78, 5) is 16.7. The van der Waals surface area contributed by atoms with Gasteiger partial charge in [-0.3, -0.25) is 9.69 Å². The molecule has 0 bridgehead atoms. The molecular weight excluding hydrogens is 250 g/mol. The van der Waals surface area contributed by atoms with Crippen molar-refractivity contribution in [3.8, 4) is 0 Å². The molecule has 4 nitrogen and oxygen atoms in total. The zero-order chi connectivity index (χ0) is 15.0. The van der Waals surface area contributed by atoms with E-state index in [1.165, 1.54) is 13.0 Å². The fourth-order valence-electron chi connectivity index (χ4n) is 2.62. The van der Waals surface area contributed by atoms with E-state index < -0.39 is 0 Å². The Morgan fingerprint density at radius 2 is 1.70 bits per heavy atom. The van der Waals surface area contributed by atoms with Crippen molar-refractivity contribution >= 4 is 5.91 Å². The third-order valence-corrected chi connectivity index (χ3v) is 4.26. The topological polar surface area (TPSA) is 49.6 Å². The molecule has 0 spiro atoms. The molecule has 1 saturated heterocycles. The molecule has 20 heavy (non-hydrogen) atoms. The van der Waals surface area contributed by atoms with E-state index in [0.29, 0.717) is 18.2 Å². The number of carbonyl (C=O) groups excluding carboxylic acids is 1. The quantitative estimate of drug-likeness (QED) is 0.740. The van der Waals surface area contributed by atoms with Crippen molar-refractivity contribution in [1.29, 1.82) is 0 Å². The molecule has 1 aliphatic rings. The van der Waals surface area contributed by atoms with Crippen molar-refractivity contribution in [2.45, 2.75) is 46.5 Å². The van der Waals surface area contributed by atoms with E-state index in [1.54, 1.807) is 0 Å². The molecule has 0 aliphatic carbocycles. The molecule has 118 valence electrons. The van der Waals surface area contributed by atoms with Crippen LogP contribution in [0.1, 0.15) is 46.5 Å². The predicted molar refractivity (Wildman–Crippen MR) is 84.5 cm³/mol. The van der Waals surface area contributed by atoms with Gasteiger partial charge in [-0.25, -0.2) is 0 Å². The first-order valence-corrected chi connectivity index (χ1v) is 8.23. The molecule has 4 heteroatoms. The van der Waals surface area contributed by atoms with Crippen molar-refractivity contribution in [3.63, 3.8) is 0 Å². The molecule has 1 aliphatic heterocycles. The van der Waals surface area contributed by atoms with Crippen molar-refractivity contribution in [2.24, 2.45) is 17.6 Å². The molecule has 0 aromatic heterocycles. The van der Waals surface area contributed by atoms with Crippen LogP contribution in [0, 0.1) is 11.8 Å². The average Bonchev–Trinajstić information content (AvgIpc) is 2.43. The van der Waals surface area contributed by atoms with Gasteiger partial charge in [0.2, 0.25) is 5.91 Å². The summed E-state index contributed by atoms with van der Waals surface area (Å²) in [6.07, 6.45) is 3.94. The third-order valence-electron chi connectivity index (χ3n) is 4.26. The molecule has 1 unspecified atom stereocenters. The summed E-state index contributed by atoms with van der Waals surface area (Å²) < 4.78 is 0. The lowest BCUT2D eigenvalue weighted by Gasteiger charge is -2.35. The molecular formula is C16H33N3O. The maximum absolute atomic E-state index is 12.2. The number of hydrogen-bond donors (Lipinski definition) is 1. The Kier molecular flexibility index (Phi) is 8.15. The van der Waals surface area contributed by atoms with E-state index in [1.807, 2.05) is 4.90 Å². The van der Waals surface area contributed by atoms with Crippen molar-refractivity contribution < 1.29 is 4.79 Å². The Morgan fingerprint density at radius 3 is 2.25 bits per heavy atom. The van der Waals surface area contributed by atoms with E-state index in [0.717, 1.165) is 51.5 Å². The molecule has 0 aromatic rings. The molecule has 0 aromatic carbocycles. The first-order valence-electron chi connectivity index (χ1n) is 8.23. The fraction of sp³-hybridized carbons (Fsp3) is 0.938. The molecule has 1 heterocycles. The molecule has 1 rings (SSSR count). The minimum atomic E-state index is 0.331. The van der Waals surface area contributed by atoms with Gasteiger partial charge in [-0.05, 0) is 44.2 Å². The van der Waals surface area contributed by atoms with E-state index in [9.17, 15) is 4.79 Å². The third kappa shape index (κ3) is 6.71. The van der Waals surface area contributed by atoms with Gasteiger partial charge in [0.15, 0.2) is 0 Å². The van der Waals surface area contributed by atoms with Gasteiger partial charge in [0.05, 0.1) is 0 Å². The number of nitrogens with zero attached hydrogens (tertiary/aromatic N) is 2. The standard InChI is InChI=1S/C16H33N3O/c1-14(2)7-9-18-10-12-19(13-11-18)16(20)5-4-15(3)6-8-17/h14-15H,4-13,17H2,1-3H3. The van der Waals surface area contributed by atoms with Crippen molar-refractivity contribution in [3.05, 3.63) is 0 Å². The summed E-state index contributed by atoms with van der Waals surface area (Å²) >= 11 is 0. The van der Waals surface area contributed by atoms with Crippen molar-refractivity contribution in [1.82, 2.24) is 9.80 Å². The number of nitrogens with two attached hydrogens (primary N) is 1. The van der Waals surface area contributed by atoms with E-state index in [-0.39, 0.29) is 0 Å². The van der Waals surface area contributed by atoms with Crippen LogP contribution in [0.4, 0.5) is 0 Å². The molecule has 1 fully saturated rings. The van der Waals surface area contributed by atoms with Gasteiger partial charge >= 0.3 is 0 Å². The Hall–Kier alpha value is -0.610. The highest BCUT2D eigenvalue weighted by Gasteiger charge is 2.21. The Bertz CT molecular complexity index is 273. The molecule has 0 saturated carbocycles. The summed E-state index contributed by atoms with van der Waals surface area (Å²) in [5.41, 5.74) is 5.54. The zero-order valence-electron chi connectivity index (χ0n) is 13.6. The highest BCUT2D eigenvalue weighted by Crippen LogP contribution is 2.12. The van der Waals surface area contributed by atoms with Crippen LogP contribution in [0.5, 0.6) is 0 Å². The fourth-order valence-corrected chi connectivity index (χ4v) is 2.62. The second-order valence-electron chi connectivity index (χ2n) is 6.63. The SMILES string of the molecule is CC(C)CCN1CCN(C(=O)CCC(C)CCN)CC1. The minimum Gasteiger partial charge on any atom is -0.340 e. The number of amides is 1. The summed E-state index contributed by atoms with van der Waals surface area (Å²) in [5, 5.41) is 0. The highest BCUT2D eigenvalue weighted by atomic mass is 16.2. The van der Waals surface area contributed by atoms with Crippen LogP contribution in [0.3, 0.4) is 0 Å². The molecule has 1 atom stereocenters. The summed E-state index contributed by atoms with van der Waals surface area (Å²) in [5.74, 6) is 1.66. The van der Waals surface area contributed by atoms with Gasteiger partial charge in [-0.15, -0.1) is 0 Å². The smallest absolute Gasteiger partial charge is 0.222 e. The molecule has 1 amide bonds. The van der Waals surface area contributed by atoms with Crippen LogP contribution in [-0.4, -0.2) is 55.0 Å². The lowest BCUT2D eigenvalue weighted by molar-refractivity contribution is -0.133. The summed E-state index contributed by atoms with van der Waals surface area (Å²) in [7, 11) is 0. The monoisotopic (exact) mass is 283 g/mol. The largest absolute Gasteiger partial charge is 0.340 e. The van der Waals surface area contributed by atoms with E-state index >= 15 is 0 Å². The van der Waals surface area contributed by atoms with Crippen LogP contribution in [0.2, 0.25) is 0 Å². The van der Waals surface area contributed by atoms with Crippen LogP contribution in [0.15, 0.2) is 0 Å². The predicted octanol–water partition coefficient (Wildman–Crippen LogP) is 1.94. The van der Waals surface area contributed by atoms with Gasteiger partial charge in [-0.2, -0.15) is 0 Å². The van der Waals surface area contributed by atoms with Crippen molar-refractivity contribution in [2.75, 3.05) is 39.3 Å². The normalized spacial score (nSPS) is 18.6. The second kappa shape index (κ2) is 9.35. The molecule has 0 radical (unpaired) electrons. The average molecular weight is 283 g/mol. The highest BCUT2D eigenvalue weighted by molar-refractivity contribution is 5.76. The Morgan fingerprint density at radius 1 is 1.05 bits per heavy atom. The maximum atomic E-state index is 12.2. The molecule has 2 N–H and O–H groups in total.